The fourth-order valence-corrected chi connectivity index (χ4v) is 2.28. The zero-order valence-electron chi connectivity index (χ0n) is 12.3. The van der Waals surface area contributed by atoms with E-state index >= 15 is 0 Å². The fourth-order valence-electron chi connectivity index (χ4n) is 1.85. The quantitative estimate of drug-likeness (QED) is 0.891. The molecule has 1 heterocycles. The fraction of sp³-hybridized carbons (Fsp3) is 0.267. The van der Waals surface area contributed by atoms with Crippen LogP contribution in [-0.4, -0.2) is 22.5 Å². The van der Waals surface area contributed by atoms with Gasteiger partial charge in [-0.25, -0.2) is 4.79 Å². The summed E-state index contributed by atoms with van der Waals surface area (Å²) in [5.41, 5.74) is 3.01. The minimum Gasteiger partial charge on any atom is -0.337 e. The second kappa shape index (κ2) is 7.42. The van der Waals surface area contributed by atoms with Gasteiger partial charge in [0.2, 0.25) is 0 Å². The molecular formula is C15H16Cl2N4O. The Hall–Kier alpha value is -1.85. The molecule has 2 N–H and O–H groups in total. The molecule has 7 heteroatoms. The third-order valence-electron chi connectivity index (χ3n) is 2.97. The number of hydrogen-bond donors (Lipinski definition) is 2. The van der Waals surface area contributed by atoms with E-state index in [-0.39, 0.29) is 6.03 Å². The largest absolute Gasteiger partial charge is 0.337 e. The summed E-state index contributed by atoms with van der Waals surface area (Å²) >= 11 is 12.1. The molecule has 2 aromatic rings. The minimum absolute atomic E-state index is 0.345. The second-order valence-corrected chi connectivity index (χ2v) is 5.68. The molecule has 116 valence electrons. The SMILES string of the molecule is Cc1cncc(CCNC(=O)Nc2cc(Cl)c(C)cc2Cl)n1. The van der Waals surface area contributed by atoms with Crippen molar-refractivity contribution in [3.63, 3.8) is 0 Å². The van der Waals surface area contributed by atoms with Gasteiger partial charge in [-0.2, -0.15) is 0 Å². The topological polar surface area (TPSA) is 66.9 Å². The number of aromatic nitrogens is 2. The van der Waals surface area contributed by atoms with Gasteiger partial charge in [-0.05, 0) is 31.5 Å². The number of urea groups is 1. The molecule has 2 rings (SSSR count). The lowest BCUT2D eigenvalue weighted by Crippen LogP contribution is -2.30. The zero-order valence-corrected chi connectivity index (χ0v) is 13.8. The summed E-state index contributed by atoms with van der Waals surface area (Å²) in [5, 5.41) is 6.41. The highest BCUT2D eigenvalue weighted by Gasteiger charge is 2.08. The van der Waals surface area contributed by atoms with Gasteiger partial charge in [0, 0.05) is 30.4 Å². The van der Waals surface area contributed by atoms with Gasteiger partial charge in [0.25, 0.3) is 0 Å². The average molecular weight is 339 g/mol. The summed E-state index contributed by atoms with van der Waals surface area (Å²) in [5.74, 6) is 0. The van der Waals surface area contributed by atoms with Crippen LogP contribution in [0.2, 0.25) is 10.0 Å². The van der Waals surface area contributed by atoms with Crippen molar-refractivity contribution in [1.29, 1.82) is 0 Å². The van der Waals surface area contributed by atoms with E-state index in [1.807, 2.05) is 13.8 Å². The Bertz CT molecular complexity index is 691. The number of hydrogen-bond acceptors (Lipinski definition) is 3. The Morgan fingerprint density at radius 3 is 2.68 bits per heavy atom. The van der Waals surface area contributed by atoms with Crippen LogP contribution in [0.4, 0.5) is 10.5 Å². The maximum absolute atomic E-state index is 11.9. The number of carbonyl (C=O) groups excluding carboxylic acids is 1. The Morgan fingerprint density at radius 2 is 1.95 bits per heavy atom. The van der Waals surface area contributed by atoms with Crippen molar-refractivity contribution in [2.24, 2.45) is 0 Å². The number of anilines is 1. The third kappa shape index (κ3) is 4.58. The van der Waals surface area contributed by atoms with Gasteiger partial charge in [0.05, 0.1) is 22.1 Å². The number of aryl methyl sites for hydroxylation is 2. The Kier molecular flexibility index (Phi) is 5.57. The molecule has 0 fully saturated rings. The molecule has 0 spiro atoms. The molecule has 0 aliphatic carbocycles. The minimum atomic E-state index is -0.345. The highest BCUT2D eigenvalue weighted by atomic mass is 35.5. The highest BCUT2D eigenvalue weighted by molar-refractivity contribution is 6.36. The maximum Gasteiger partial charge on any atom is 0.319 e. The van der Waals surface area contributed by atoms with E-state index in [4.69, 9.17) is 23.2 Å². The molecule has 1 aromatic heterocycles. The van der Waals surface area contributed by atoms with Crippen LogP contribution >= 0.6 is 23.2 Å². The molecule has 0 saturated heterocycles. The molecule has 0 atom stereocenters. The van der Waals surface area contributed by atoms with Gasteiger partial charge >= 0.3 is 6.03 Å². The number of rotatable bonds is 4. The van der Waals surface area contributed by atoms with Gasteiger partial charge in [-0.3, -0.25) is 9.97 Å². The van der Waals surface area contributed by atoms with E-state index in [0.29, 0.717) is 28.7 Å². The Labute approximate surface area is 139 Å². The van der Waals surface area contributed by atoms with Crippen molar-refractivity contribution in [2.45, 2.75) is 20.3 Å². The monoisotopic (exact) mass is 338 g/mol. The van der Waals surface area contributed by atoms with Crippen LogP contribution in [0.25, 0.3) is 0 Å². The van der Waals surface area contributed by atoms with Gasteiger partial charge in [0.15, 0.2) is 0 Å². The molecule has 0 radical (unpaired) electrons. The van der Waals surface area contributed by atoms with Crippen LogP contribution in [-0.2, 0) is 6.42 Å². The summed E-state index contributed by atoms with van der Waals surface area (Å²) in [7, 11) is 0. The van der Waals surface area contributed by atoms with Gasteiger partial charge < -0.3 is 10.6 Å². The number of nitrogens with zero attached hydrogens (tertiary/aromatic N) is 2. The summed E-state index contributed by atoms with van der Waals surface area (Å²) in [4.78, 5) is 20.2. The number of carbonyl (C=O) groups is 1. The zero-order chi connectivity index (χ0) is 16.1. The molecule has 0 aliphatic rings. The standard InChI is InChI=1S/C15H16Cl2N4O/c1-9-5-13(17)14(6-12(9)16)21-15(22)19-4-3-11-8-18-7-10(2)20-11/h5-8H,3-4H2,1-2H3,(H2,19,21,22). The normalized spacial score (nSPS) is 10.4. The lowest BCUT2D eigenvalue weighted by atomic mass is 10.2. The van der Waals surface area contributed by atoms with E-state index in [2.05, 4.69) is 20.6 Å². The summed E-state index contributed by atoms with van der Waals surface area (Å²) < 4.78 is 0. The first-order chi connectivity index (χ1) is 10.5. The van der Waals surface area contributed by atoms with Crippen LogP contribution in [0.15, 0.2) is 24.5 Å². The molecular weight excluding hydrogens is 323 g/mol. The maximum atomic E-state index is 11.9. The van der Waals surface area contributed by atoms with Crippen LogP contribution in [0.3, 0.4) is 0 Å². The summed E-state index contributed by atoms with van der Waals surface area (Å²) in [6.07, 6.45) is 3.97. The molecule has 0 unspecified atom stereocenters. The third-order valence-corrected chi connectivity index (χ3v) is 3.69. The smallest absolute Gasteiger partial charge is 0.319 e. The first-order valence-corrected chi connectivity index (χ1v) is 7.49. The van der Waals surface area contributed by atoms with Crippen LogP contribution in [0, 0.1) is 13.8 Å². The number of nitrogens with one attached hydrogen (secondary N) is 2. The van der Waals surface area contributed by atoms with Gasteiger partial charge in [-0.15, -0.1) is 0 Å². The molecule has 5 nitrogen and oxygen atoms in total. The number of benzene rings is 1. The van der Waals surface area contributed by atoms with Gasteiger partial charge in [0.1, 0.15) is 0 Å². The number of amides is 2. The summed E-state index contributed by atoms with van der Waals surface area (Å²) in [6, 6.07) is 2.99. The molecule has 0 aliphatic heterocycles. The van der Waals surface area contributed by atoms with E-state index in [1.165, 1.54) is 0 Å². The predicted molar refractivity (Wildman–Crippen MR) is 88.7 cm³/mol. The lowest BCUT2D eigenvalue weighted by Gasteiger charge is -2.10. The van der Waals surface area contributed by atoms with Crippen molar-refractivity contribution in [3.8, 4) is 0 Å². The van der Waals surface area contributed by atoms with Crippen molar-refractivity contribution < 1.29 is 4.79 Å². The van der Waals surface area contributed by atoms with Crippen molar-refractivity contribution in [3.05, 3.63) is 51.5 Å². The number of halogens is 2. The van der Waals surface area contributed by atoms with Crippen LogP contribution in [0.5, 0.6) is 0 Å². The molecule has 0 saturated carbocycles. The lowest BCUT2D eigenvalue weighted by molar-refractivity contribution is 0.252. The Morgan fingerprint density at radius 1 is 1.18 bits per heavy atom. The first kappa shape index (κ1) is 16.5. The van der Waals surface area contributed by atoms with Crippen molar-refractivity contribution >= 4 is 34.9 Å². The van der Waals surface area contributed by atoms with Gasteiger partial charge in [-0.1, -0.05) is 23.2 Å². The molecule has 0 bridgehead atoms. The van der Waals surface area contributed by atoms with E-state index in [1.54, 1.807) is 24.5 Å². The summed E-state index contributed by atoms with van der Waals surface area (Å²) in [6.45, 7) is 4.17. The molecule has 1 aromatic carbocycles. The van der Waals surface area contributed by atoms with Crippen molar-refractivity contribution in [1.82, 2.24) is 15.3 Å². The predicted octanol–water partition coefficient (Wildman–Crippen LogP) is 3.76. The highest BCUT2D eigenvalue weighted by Crippen LogP contribution is 2.28. The van der Waals surface area contributed by atoms with Crippen molar-refractivity contribution in [2.75, 3.05) is 11.9 Å². The van der Waals surface area contributed by atoms with E-state index < -0.39 is 0 Å². The first-order valence-electron chi connectivity index (χ1n) is 6.73. The average Bonchev–Trinajstić information content (AvgIpc) is 2.45. The molecule has 22 heavy (non-hydrogen) atoms. The molecule has 2 amide bonds. The van der Waals surface area contributed by atoms with Crippen LogP contribution in [0.1, 0.15) is 17.0 Å². The second-order valence-electron chi connectivity index (χ2n) is 4.86. The van der Waals surface area contributed by atoms with Crippen LogP contribution < -0.4 is 10.6 Å². The van der Waals surface area contributed by atoms with E-state index in [0.717, 1.165) is 17.0 Å². The van der Waals surface area contributed by atoms with E-state index in [9.17, 15) is 4.79 Å². The Balaban J connectivity index is 1.87.